The molecule has 0 heterocycles. The van der Waals surface area contributed by atoms with Crippen LogP contribution in [0.2, 0.25) is 0 Å². The first-order valence-corrected chi connectivity index (χ1v) is 3.40. The van der Waals surface area contributed by atoms with Gasteiger partial charge >= 0.3 is 0 Å². The Hall–Kier alpha value is -0.580. The molecule has 4 N–H and O–H groups in total. The summed E-state index contributed by atoms with van der Waals surface area (Å²) in [5.41, 5.74) is 1.10. The first-order valence-electron chi connectivity index (χ1n) is 2.68. The topological polar surface area (TPSA) is 63.0 Å². The molecule has 0 aromatic heterocycles. The van der Waals surface area contributed by atoms with E-state index in [1.165, 1.54) is 0 Å². The van der Waals surface area contributed by atoms with Gasteiger partial charge in [0.1, 0.15) is 0 Å². The minimum atomic E-state index is 0. The zero-order valence-corrected chi connectivity index (χ0v) is 6.91. The van der Waals surface area contributed by atoms with Crippen LogP contribution in [0.15, 0.2) is 29.2 Å². The maximum Gasteiger partial charge on any atom is 0.0812 e. The first-order chi connectivity index (χ1) is 4.33. The van der Waals surface area contributed by atoms with Crippen molar-refractivity contribution in [2.24, 2.45) is 0 Å². The molecule has 0 saturated carbocycles. The molecule has 0 aliphatic rings. The smallest absolute Gasteiger partial charge is 0.0812 e. The van der Waals surface area contributed by atoms with Crippen LogP contribution in [0.25, 0.3) is 0 Å². The van der Waals surface area contributed by atoms with Crippen molar-refractivity contribution in [2.75, 3.05) is 0 Å². The normalized spacial score (nSPS) is 7.82. The van der Waals surface area contributed by atoms with Crippen LogP contribution >= 0.6 is 12.1 Å². The van der Waals surface area contributed by atoms with Gasteiger partial charge in [-0.2, -0.15) is 3.89 Å². The highest BCUT2D eigenvalue weighted by Crippen LogP contribution is 2.18. The van der Waals surface area contributed by atoms with Gasteiger partial charge in [-0.15, -0.1) is 0 Å². The fourth-order valence-electron chi connectivity index (χ4n) is 0.663. The Balaban J connectivity index is 0. The van der Waals surface area contributed by atoms with Crippen LogP contribution in [0.4, 0.5) is 3.89 Å². The maximum atomic E-state index is 11.8. The number of rotatable bonds is 1. The Labute approximate surface area is 69.3 Å². The van der Waals surface area contributed by atoms with Gasteiger partial charge in [-0.25, -0.2) is 0 Å². The minimum Gasteiger partial charge on any atom is -0.412 e. The van der Waals surface area contributed by atoms with E-state index >= 15 is 0 Å². The highest BCUT2D eigenvalue weighted by Gasteiger charge is 1.89. The molecule has 0 aliphatic heterocycles. The lowest BCUT2D eigenvalue weighted by Crippen LogP contribution is -1.69. The van der Waals surface area contributed by atoms with Gasteiger partial charge in [-0.1, -0.05) is 12.1 Å². The zero-order valence-electron chi connectivity index (χ0n) is 6.10. The van der Waals surface area contributed by atoms with E-state index in [4.69, 9.17) is 0 Å². The summed E-state index contributed by atoms with van der Waals surface area (Å²) in [6.45, 7) is 1.94. The summed E-state index contributed by atoms with van der Waals surface area (Å²) in [6.07, 6.45) is 0. The molecule has 64 valence electrons. The van der Waals surface area contributed by atoms with Crippen LogP contribution in [0.1, 0.15) is 5.56 Å². The molecule has 1 aromatic rings. The Morgan fingerprint density at radius 3 is 2.27 bits per heavy atom. The van der Waals surface area contributed by atoms with Crippen LogP contribution in [0, 0.1) is 6.92 Å². The molecule has 0 fully saturated rings. The van der Waals surface area contributed by atoms with Crippen molar-refractivity contribution in [3.05, 3.63) is 29.8 Å². The van der Waals surface area contributed by atoms with Gasteiger partial charge in [0, 0.05) is 4.90 Å². The van der Waals surface area contributed by atoms with Crippen molar-refractivity contribution >= 4 is 12.1 Å². The van der Waals surface area contributed by atoms with E-state index in [0.29, 0.717) is 4.90 Å². The molecular weight excluding hydrogens is 167 g/mol. The van der Waals surface area contributed by atoms with Gasteiger partial charge in [0.2, 0.25) is 0 Å². The molecule has 0 atom stereocenters. The van der Waals surface area contributed by atoms with Gasteiger partial charge in [0.05, 0.1) is 12.1 Å². The number of aryl methyl sites for hydroxylation is 1. The van der Waals surface area contributed by atoms with Gasteiger partial charge in [-0.05, 0) is 24.6 Å². The Morgan fingerprint density at radius 1 is 1.27 bits per heavy atom. The fourth-order valence-corrected chi connectivity index (χ4v) is 1.02. The van der Waals surface area contributed by atoms with E-state index in [1.54, 1.807) is 6.07 Å². The van der Waals surface area contributed by atoms with Crippen molar-refractivity contribution in [3.8, 4) is 0 Å². The molecular formula is C7H11FO2S. The fraction of sp³-hybridized carbons (Fsp3) is 0.143. The van der Waals surface area contributed by atoms with Crippen molar-refractivity contribution in [3.63, 3.8) is 0 Å². The molecule has 1 aromatic carbocycles. The average Bonchev–Trinajstić information content (AvgIpc) is 1.88. The maximum absolute atomic E-state index is 11.8. The number of hydrogen-bond acceptors (Lipinski definition) is 1. The van der Waals surface area contributed by atoms with Crippen LogP contribution in [-0.2, 0) is 0 Å². The Bertz CT molecular complexity index is 205. The monoisotopic (exact) mass is 178 g/mol. The summed E-state index contributed by atoms with van der Waals surface area (Å²) in [6, 6.07) is 7.35. The molecule has 0 amide bonds. The van der Waals surface area contributed by atoms with Gasteiger partial charge in [-0.3, -0.25) is 0 Å². The van der Waals surface area contributed by atoms with Crippen molar-refractivity contribution in [1.29, 1.82) is 0 Å². The molecule has 2 nitrogen and oxygen atoms in total. The molecule has 4 heteroatoms. The van der Waals surface area contributed by atoms with Crippen LogP contribution in [0.5, 0.6) is 0 Å². The third kappa shape index (κ3) is 3.98. The summed E-state index contributed by atoms with van der Waals surface area (Å²) >= 11 is 0.283. The van der Waals surface area contributed by atoms with Crippen molar-refractivity contribution in [1.82, 2.24) is 0 Å². The third-order valence-corrected chi connectivity index (χ3v) is 1.51. The highest BCUT2D eigenvalue weighted by molar-refractivity contribution is 7.94. The second-order valence-corrected chi connectivity index (χ2v) is 2.52. The molecule has 0 radical (unpaired) electrons. The molecule has 1 rings (SSSR count). The van der Waals surface area contributed by atoms with E-state index < -0.39 is 0 Å². The van der Waals surface area contributed by atoms with E-state index in [9.17, 15) is 3.89 Å². The first kappa shape index (κ1) is 13.0. The predicted molar refractivity (Wildman–Crippen MR) is 45.4 cm³/mol. The largest absolute Gasteiger partial charge is 0.412 e. The third-order valence-electron chi connectivity index (χ3n) is 1.08. The zero-order chi connectivity index (χ0) is 6.69. The average molecular weight is 178 g/mol. The van der Waals surface area contributed by atoms with Crippen molar-refractivity contribution < 1.29 is 14.8 Å². The van der Waals surface area contributed by atoms with E-state index in [-0.39, 0.29) is 23.1 Å². The summed E-state index contributed by atoms with van der Waals surface area (Å²) in [4.78, 5) is 0.676. The van der Waals surface area contributed by atoms with Crippen LogP contribution < -0.4 is 0 Å². The molecule has 0 unspecified atom stereocenters. The second kappa shape index (κ2) is 6.15. The minimum absolute atomic E-state index is 0. The van der Waals surface area contributed by atoms with Gasteiger partial charge in [0.15, 0.2) is 0 Å². The Morgan fingerprint density at radius 2 is 1.91 bits per heavy atom. The van der Waals surface area contributed by atoms with Gasteiger partial charge in [0.25, 0.3) is 0 Å². The van der Waals surface area contributed by atoms with E-state index in [1.807, 2.05) is 25.1 Å². The van der Waals surface area contributed by atoms with Crippen LogP contribution in [0.3, 0.4) is 0 Å². The Kier molecular flexibility index (Phi) is 7.29. The molecule has 11 heavy (non-hydrogen) atoms. The lowest BCUT2D eigenvalue weighted by Gasteiger charge is -1.92. The van der Waals surface area contributed by atoms with Gasteiger partial charge < -0.3 is 11.0 Å². The standard InChI is InChI=1S/C7H7FS.2H2O/c1-6-3-2-4-7(5-6)9-8;;/h2-5H,1H3;2*1H2. The molecule has 0 bridgehead atoms. The summed E-state index contributed by atoms with van der Waals surface area (Å²) in [5.74, 6) is 0. The number of halogens is 1. The molecule has 0 spiro atoms. The molecule has 0 saturated heterocycles. The predicted octanol–water partition coefficient (Wildman–Crippen LogP) is 1.32. The summed E-state index contributed by atoms with van der Waals surface area (Å²) in [7, 11) is 0. The van der Waals surface area contributed by atoms with Crippen molar-refractivity contribution in [2.45, 2.75) is 11.8 Å². The number of benzene rings is 1. The summed E-state index contributed by atoms with van der Waals surface area (Å²) in [5, 5.41) is 0. The summed E-state index contributed by atoms with van der Waals surface area (Å²) < 4.78 is 11.8. The van der Waals surface area contributed by atoms with Crippen LogP contribution in [-0.4, -0.2) is 11.0 Å². The van der Waals surface area contributed by atoms with E-state index in [0.717, 1.165) is 5.56 Å². The SMILES string of the molecule is Cc1cccc(SF)c1.O.O. The lowest BCUT2D eigenvalue weighted by molar-refractivity contribution is 0.823. The number of hydrogen-bond donors (Lipinski definition) is 0. The second-order valence-electron chi connectivity index (χ2n) is 1.89. The molecule has 0 aliphatic carbocycles. The quantitative estimate of drug-likeness (QED) is 0.639. The highest BCUT2D eigenvalue weighted by atomic mass is 32.2. The van der Waals surface area contributed by atoms with E-state index in [2.05, 4.69) is 0 Å². The lowest BCUT2D eigenvalue weighted by atomic mass is 10.2.